The van der Waals surface area contributed by atoms with Gasteiger partial charge in [-0.15, -0.1) is 0 Å². The van der Waals surface area contributed by atoms with Crippen molar-refractivity contribution in [2.75, 3.05) is 0 Å². The molecule has 0 fully saturated rings. The summed E-state index contributed by atoms with van der Waals surface area (Å²) in [5.41, 5.74) is 7.46. The van der Waals surface area contributed by atoms with Gasteiger partial charge in [-0.3, -0.25) is 0 Å². The van der Waals surface area contributed by atoms with Crippen LogP contribution >= 0.6 is 12.2 Å². The third-order valence-corrected chi connectivity index (χ3v) is 3.77. The molecule has 1 atom stereocenters. The molecule has 0 saturated carbocycles. The van der Waals surface area contributed by atoms with Crippen molar-refractivity contribution in [3.63, 3.8) is 0 Å². The molecule has 0 aromatic heterocycles. The Morgan fingerprint density at radius 2 is 1.64 bits per heavy atom. The highest BCUT2D eigenvalue weighted by Gasteiger charge is 2.20. The number of phenolic OH excluding ortho intramolecular Hbond substituents is 1. The summed E-state index contributed by atoms with van der Waals surface area (Å²) in [6, 6.07) is 21.0. The van der Waals surface area contributed by atoms with Gasteiger partial charge in [-0.05, 0) is 34.6 Å². The van der Waals surface area contributed by atoms with Crippen LogP contribution in [-0.4, -0.2) is 10.2 Å². The lowest BCUT2D eigenvalue weighted by molar-refractivity contribution is 0.464. The van der Waals surface area contributed by atoms with Gasteiger partial charge in [-0.1, -0.05) is 60.7 Å². The standard InChI is InChI=1S/C18H16N2OS/c19-18(22)20-17(13-7-2-1-3-8-13)16-14-9-5-4-6-12(14)10-11-15(16)21/h1-11,17,21H,(H3,19,20,22). The number of nitrogens with one attached hydrogen (secondary N) is 1. The van der Waals surface area contributed by atoms with Gasteiger partial charge in [-0.2, -0.15) is 0 Å². The van der Waals surface area contributed by atoms with Gasteiger partial charge in [0.15, 0.2) is 5.11 Å². The minimum absolute atomic E-state index is 0.196. The highest BCUT2D eigenvalue weighted by molar-refractivity contribution is 7.80. The molecular weight excluding hydrogens is 292 g/mol. The summed E-state index contributed by atoms with van der Waals surface area (Å²) in [6.07, 6.45) is 0. The van der Waals surface area contributed by atoms with Crippen molar-refractivity contribution < 1.29 is 5.11 Å². The summed E-state index contributed by atoms with van der Waals surface area (Å²) in [5.74, 6) is 0.219. The Hall–Kier alpha value is -2.59. The number of benzene rings is 3. The van der Waals surface area contributed by atoms with Crippen molar-refractivity contribution in [3.05, 3.63) is 77.9 Å². The first kappa shape index (κ1) is 14.4. The molecule has 0 aliphatic rings. The SMILES string of the molecule is NC(=S)NC(c1ccccc1)c1c(O)ccc2ccccc12. The molecule has 1 unspecified atom stereocenters. The number of fused-ring (bicyclic) bond motifs is 1. The number of aromatic hydroxyl groups is 1. The van der Waals surface area contributed by atoms with Crippen molar-refractivity contribution in [1.29, 1.82) is 0 Å². The van der Waals surface area contributed by atoms with E-state index >= 15 is 0 Å². The average Bonchev–Trinajstić information content (AvgIpc) is 2.54. The van der Waals surface area contributed by atoms with Crippen LogP contribution in [0.1, 0.15) is 17.2 Å². The Morgan fingerprint density at radius 1 is 0.955 bits per heavy atom. The average molecular weight is 308 g/mol. The highest BCUT2D eigenvalue weighted by Crippen LogP contribution is 2.35. The molecule has 0 aliphatic carbocycles. The third kappa shape index (κ3) is 2.73. The lowest BCUT2D eigenvalue weighted by Gasteiger charge is -2.22. The molecule has 3 nitrogen and oxygen atoms in total. The molecule has 0 spiro atoms. The Bertz CT molecular complexity index is 818. The maximum atomic E-state index is 10.4. The lowest BCUT2D eigenvalue weighted by Crippen LogP contribution is -2.33. The predicted molar refractivity (Wildman–Crippen MR) is 93.8 cm³/mol. The fourth-order valence-corrected chi connectivity index (χ4v) is 2.82. The van der Waals surface area contributed by atoms with Crippen LogP contribution in [0.25, 0.3) is 10.8 Å². The zero-order chi connectivity index (χ0) is 15.5. The van der Waals surface area contributed by atoms with E-state index in [-0.39, 0.29) is 16.9 Å². The molecule has 0 saturated heterocycles. The number of hydrogen-bond acceptors (Lipinski definition) is 2. The molecule has 110 valence electrons. The Balaban J connectivity index is 2.24. The van der Waals surface area contributed by atoms with E-state index in [9.17, 15) is 5.11 Å². The molecule has 4 N–H and O–H groups in total. The quantitative estimate of drug-likeness (QED) is 0.649. The van der Waals surface area contributed by atoms with Crippen LogP contribution in [0.15, 0.2) is 66.7 Å². The van der Waals surface area contributed by atoms with Crippen LogP contribution in [0.3, 0.4) is 0 Å². The van der Waals surface area contributed by atoms with E-state index in [2.05, 4.69) is 5.32 Å². The highest BCUT2D eigenvalue weighted by atomic mass is 32.1. The number of rotatable bonds is 3. The molecule has 0 radical (unpaired) electrons. The van der Waals surface area contributed by atoms with E-state index in [0.29, 0.717) is 0 Å². The maximum Gasteiger partial charge on any atom is 0.164 e. The first-order chi connectivity index (χ1) is 10.7. The molecule has 22 heavy (non-hydrogen) atoms. The maximum absolute atomic E-state index is 10.4. The Labute approximate surface area is 134 Å². The van der Waals surface area contributed by atoms with Gasteiger partial charge in [-0.25, -0.2) is 0 Å². The number of phenols is 1. The van der Waals surface area contributed by atoms with Crippen molar-refractivity contribution in [2.24, 2.45) is 5.73 Å². The molecule has 3 rings (SSSR count). The van der Waals surface area contributed by atoms with Gasteiger partial charge < -0.3 is 16.2 Å². The second-order valence-corrected chi connectivity index (χ2v) is 5.51. The van der Waals surface area contributed by atoms with Crippen LogP contribution in [-0.2, 0) is 0 Å². The van der Waals surface area contributed by atoms with E-state index in [1.807, 2.05) is 60.7 Å². The molecule has 0 aliphatic heterocycles. The Kier molecular flexibility index (Phi) is 3.94. The van der Waals surface area contributed by atoms with Gasteiger partial charge in [0.25, 0.3) is 0 Å². The Morgan fingerprint density at radius 3 is 2.36 bits per heavy atom. The van der Waals surface area contributed by atoms with Crippen molar-refractivity contribution in [1.82, 2.24) is 5.32 Å². The van der Waals surface area contributed by atoms with E-state index in [4.69, 9.17) is 18.0 Å². The van der Waals surface area contributed by atoms with Crippen LogP contribution in [0, 0.1) is 0 Å². The van der Waals surface area contributed by atoms with Crippen molar-refractivity contribution in [2.45, 2.75) is 6.04 Å². The second kappa shape index (κ2) is 6.03. The second-order valence-electron chi connectivity index (χ2n) is 5.07. The van der Waals surface area contributed by atoms with Gasteiger partial charge in [0.2, 0.25) is 0 Å². The van der Waals surface area contributed by atoms with Crippen LogP contribution in [0.5, 0.6) is 5.75 Å². The van der Waals surface area contributed by atoms with Crippen LogP contribution in [0.4, 0.5) is 0 Å². The molecule has 0 bridgehead atoms. The fraction of sp³-hybridized carbons (Fsp3) is 0.0556. The number of thiocarbonyl (C=S) groups is 1. The molecule has 3 aromatic carbocycles. The summed E-state index contributed by atoms with van der Waals surface area (Å²) < 4.78 is 0. The monoisotopic (exact) mass is 308 g/mol. The van der Waals surface area contributed by atoms with E-state index in [1.165, 1.54) is 0 Å². The van der Waals surface area contributed by atoms with E-state index < -0.39 is 0 Å². The van der Waals surface area contributed by atoms with Crippen molar-refractivity contribution in [3.8, 4) is 5.75 Å². The van der Waals surface area contributed by atoms with E-state index in [0.717, 1.165) is 21.9 Å². The first-order valence-electron chi connectivity index (χ1n) is 6.98. The minimum Gasteiger partial charge on any atom is -0.508 e. The lowest BCUT2D eigenvalue weighted by atomic mass is 9.93. The summed E-state index contributed by atoms with van der Waals surface area (Å²) in [7, 11) is 0. The topological polar surface area (TPSA) is 58.3 Å². The van der Waals surface area contributed by atoms with Gasteiger partial charge in [0.1, 0.15) is 5.75 Å². The molecule has 0 amide bonds. The molecule has 0 heterocycles. The number of hydrogen-bond donors (Lipinski definition) is 3. The van der Waals surface area contributed by atoms with Crippen molar-refractivity contribution >= 4 is 28.1 Å². The minimum atomic E-state index is -0.301. The molecule has 3 aromatic rings. The summed E-state index contributed by atoms with van der Waals surface area (Å²) in [5, 5.41) is 15.7. The number of nitrogens with two attached hydrogens (primary N) is 1. The predicted octanol–water partition coefficient (Wildman–Crippen LogP) is 3.47. The molecular formula is C18H16N2OS. The summed E-state index contributed by atoms with van der Waals surface area (Å²) in [6.45, 7) is 0. The smallest absolute Gasteiger partial charge is 0.164 e. The van der Waals surface area contributed by atoms with Crippen LogP contribution in [0.2, 0.25) is 0 Å². The summed E-state index contributed by atoms with van der Waals surface area (Å²) >= 11 is 5.02. The van der Waals surface area contributed by atoms with Gasteiger partial charge in [0, 0.05) is 5.56 Å². The van der Waals surface area contributed by atoms with Gasteiger partial charge in [0.05, 0.1) is 6.04 Å². The van der Waals surface area contributed by atoms with E-state index in [1.54, 1.807) is 6.07 Å². The molecule has 4 heteroatoms. The summed E-state index contributed by atoms with van der Waals surface area (Å²) in [4.78, 5) is 0. The normalized spacial score (nSPS) is 12.0. The van der Waals surface area contributed by atoms with Crippen LogP contribution < -0.4 is 11.1 Å². The largest absolute Gasteiger partial charge is 0.508 e. The van der Waals surface area contributed by atoms with Gasteiger partial charge >= 0.3 is 0 Å². The zero-order valence-corrected chi connectivity index (χ0v) is 12.7. The first-order valence-corrected chi connectivity index (χ1v) is 7.39. The third-order valence-electron chi connectivity index (χ3n) is 3.66. The zero-order valence-electron chi connectivity index (χ0n) is 11.9. The fourth-order valence-electron chi connectivity index (χ4n) is 2.70.